The van der Waals surface area contributed by atoms with Crippen LogP contribution in [0.4, 0.5) is 0 Å². The Kier molecular flexibility index (Phi) is 10.6. The molecule has 6 nitrogen and oxygen atoms in total. The van der Waals surface area contributed by atoms with E-state index in [4.69, 9.17) is 22.3 Å². The third-order valence-corrected chi connectivity index (χ3v) is 1.39. The molecule has 1 rings (SSSR count). The van der Waals surface area contributed by atoms with Crippen molar-refractivity contribution in [2.75, 3.05) is 0 Å². The number of hydrogen-bond donors (Lipinski definition) is 5. The molecule has 7 heteroatoms. The van der Waals surface area contributed by atoms with E-state index < -0.39 is 0 Å². The van der Waals surface area contributed by atoms with Crippen molar-refractivity contribution < 1.29 is 17.0 Å². The lowest BCUT2D eigenvalue weighted by molar-refractivity contribution is -0.687. The first-order chi connectivity index (χ1) is 7.56. The van der Waals surface area contributed by atoms with Crippen LogP contribution >= 0.6 is 0 Å². The minimum absolute atomic E-state index is 0. The van der Waals surface area contributed by atoms with E-state index in [0.29, 0.717) is 0 Å². The summed E-state index contributed by atoms with van der Waals surface area (Å²) in [6, 6.07) is 6.01. The summed E-state index contributed by atoms with van der Waals surface area (Å²) in [5, 5.41) is 15.0. The number of hydrogen-bond acceptors (Lipinski definition) is 2. The predicted molar refractivity (Wildman–Crippen MR) is 63.8 cm³/mol. The van der Waals surface area contributed by atoms with Crippen molar-refractivity contribution in [3.63, 3.8) is 0 Å². The molecule has 17 heavy (non-hydrogen) atoms. The van der Waals surface area contributed by atoms with Crippen molar-refractivity contribution >= 4 is 11.9 Å². The Hall–Kier alpha value is -2.08. The molecule has 1 aromatic rings. The molecule has 0 amide bonds. The molecular formula is C10H17ClN6. The predicted octanol–water partition coefficient (Wildman–Crippen LogP) is -3.47. The second kappa shape index (κ2) is 10.4. The van der Waals surface area contributed by atoms with Crippen molar-refractivity contribution in [3.8, 4) is 0 Å². The quantitative estimate of drug-likeness (QED) is 0.164. The third-order valence-electron chi connectivity index (χ3n) is 1.39. The van der Waals surface area contributed by atoms with Crippen LogP contribution in [0.1, 0.15) is 0 Å². The van der Waals surface area contributed by atoms with Crippen molar-refractivity contribution in [1.82, 2.24) is 5.32 Å². The number of pyridine rings is 1. The maximum atomic E-state index is 6.47. The molecule has 0 atom stereocenters. The van der Waals surface area contributed by atoms with Crippen LogP contribution in [0.5, 0.6) is 0 Å². The Morgan fingerprint density at radius 3 is 1.94 bits per heavy atom. The van der Waals surface area contributed by atoms with Gasteiger partial charge in [0.1, 0.15) is 0 Å². The first kappa shape index (κ1) is 17.3. The maximum absolute atomic E-state index is 6.47. The molecule has 0 aliphatic heterocycles. The van der Waals surface area contributed by atoms with E-state index in [1.807, 2.05) is 42.0 Å². The molecule has 0 aromatic carbocycles. The molecule has 0 aliphatic rings. The highest BCUT2D eigenvalue weighted by atomic mass is 35.5. The highest BCUT2D eigenvalue weighted by molar-refractivity contribution is 5.93. The maximum Gasteiger partial charge on any atom is 0.192 e. The molecule has 0 aliphatic carbocycles. The van der Waals surface area contributed by atoms with Crippen molar-refractivity contribution in [1.29, 1.82) is 10.8 Å². The summed E-state index contributed by atoms with van der Waals surface area (Å²) < 4.78 is 2.06. The fraction of sp³-hybridized carbons (Fsp3) is 0.100. The number of nitrogens with one attached hydrogen (secondary N) is 3. The summed E-state index contributed by atoms with van der Waals surface area (Å²) >= 11 is 0. The van der Waals surface area contributed by atoms with E-state index >= 15 is 0 Å². The van der Waals surface area contributed by atoms with Gasteiger partial charge in [-0.1, -0.05) is 12.6 Å². The fourth-order valence-electron chi connectivity index (χ4n) is 0.850. The minimum Gasteiger partial charge on any atom is -1.00 e. The van der Waals surface area contributed by atoms with Crippen LogP contribution in [0.15, 0.2) is 43.2 Å². The Labute approximate surface area is 107 Å². The number of rotatable bonds is 2. The van der Waals surface area contributed by atoms with Gasteiger partial charge in [-0.3, -0.25) is 16.1 Å². The number of nitrogens with two attached hydrogens (primary N) is 2. The Morgan fingerprint density at radius 1 is 1.18 bits per heavy atom. The van der Waals surface area contributed by atoms with Crippen LogP contribution < -0.4 is 33.8 Å². The second-order valence-electron chi connectivity index (χ2n) is 2.81. The molecular weight excluding hydrogens is 240 g/mol. The number of halogens is 1. The lowest BCUT2D eigenvalue weighted by Crippen LogP contribution is -3.00. The monoisotopic (exact) mass is 256 g/mol. The topological polar surface area (TPSA) is 116 Å². The van der Waals surface area contributed by atoms with E-state index in [9.17, 15) is 0 Å². The van der Waals surface area contributed by atoms with Gasteiger partial charge >= 0.3 is 0 Å². The van der Waals surface area contributed by atoms with Crippen LogP contribution in [0.3, 0.4) is 0 Å². The normalized spacial score (nSPS) is 7.76. The van der Waals surface area contributed by atoms with E-state index in [1.54, 1.807) is 0 Å². The molecule has 0 fully saturated rings. The Bertz CT molecular complexity index is 339. The highest BCUT2D eigenvalue weighted by Crippen LogP contribution is 1.75. The summed E-state index contributed by atoms with van der Waals surface area (Å²) in [5.74, 6) is -0.625. The van der Waals surface area contributed by atoms with Gasteiger partial charge in [-0.05, 0) is 6.08 Å². The molecule has 7 N–H and O–H groups in total. The van der Waals surface area contributed by atoms with Gasteiger partial charge in [0.2, 0.25) is 0 Å². The van der Waals surface area contributed by atoms with Gasteiger partial charge in [-0.25, -0.2) is 4.57 Å². The number of guanidine groups is 2. The average molecular weight is 257 g/mol. The van der Waals surface area contributed by atoms with Crippen molar-refractivity contribution in [3.05, 3.63) is 43.2 Å². The molecule has 0 bridgehead atoms. The average Bonchev–Trinajstić information content (AvgIpc) is 2.18. The van der Waals surface area contributed by atoms with Crippen molar-refractivity contribution in [2.24, 2.45) is 11.5 Å². The zero-order chi connectivity index (χ0) is 12.4. The van der Waals surface area contributed by atoms with E-state index in [1.165, 1.54) is 0 Å². The number of aromatic nitrogens is 1. The van der Waals surface area contributed by atoms with Crippen LogP contribution in [-0.4, -0.2) is 11.9 Å². The fourth-order valence-corrected chi connectivity index (χ4v) is 0.850. The minimum atomic E-state index is -0.312. The molecule has 0 spiro atoms. The number of allylic oxidation sites excluding steroid dienone is 1. The number of nitrogens with zero attached hydrogens (tertiary/aromatic N) is 1. The molecule has 0 radical (unpaired) electrons. The smallest absolute Gasteiger partial charge is 0.192 e. The molecule has 0 saturated heterocycles. The van der Waals surface area contributed by atoms with E-state index in [2.05, 4.69) is 11.1 Å². The van der Waals surface area contributed by atoms with Gasteiger partial charge in [0, 0.05) is 12.1 Å². The molecule has 0 unspecified atom stereocenters. The Balaban J connectivity index is 0. The van der Waals surface area contributed by atoms with Gasteiger partial charge in [0.05, 0.1) is 0 Å². The van der Waals surface area contributed by atoms with E-state index in [-0.39, 0.29) is 24.3 Å². The molecule has 1 heterocycles. The van der Waals surface area contributed by atoms with E-state index in [0.717, 1.165) is 6.54 Å². The van der Waals surface area contributed by atoms with Gasteiger partial charge in [0.25, 0.3) is 0 Å². The lowest BCUT2D eigenvalue weighted by Gasteiger charge is -1.95. The molecule has 1 aromatic heterocycles. The van der Waals surface area contributed by atoms with Crippen LogP contribution in [-0.2, 0) is 6.54 Å². The molecule has 94 valence electrons. The van der Waals surface area contributed by atoms with Crippen molar-refractivity contribution in [2.45, 2.75) is 6.54 Å². The zero-order valence-corrected chi connectivity index (χ0v) is 10.1. The van der Waals surface area contributed by atoms with Gasteiger partial charge in [-0.15, -0.1) is 0 Å². The Morgan fingerprint density at radius 2 is 1.65 bits per heavy atom. The van der Waals surface area contributed by atoms with Gasteiger partial charge in [0.15, 0.2) is 30.9 Å². The summed E-state index contributed by atoms with van der Waals surface area (Å²) in [5.41, 5.74) is 9.49. The summed E-state index contributed by atoms with van der Waals surface area (Å²) in [6.45, 7) is 4.52. The second-order valence-corrected chi connectivity index (χ2v) is 2.81. The summed E-state index contributed by atoms with van der Waals surface area (Å²) in [6.07, 6.45) is 5.91. The zero-order valence-electron chi connectivity index (χ0n) is 9.36. The van der Waals surface area contributed by atoms with Crippen LogP contribution in [0.2, 0.25) is 0 Å². The summed E-state index contributed by atoms with van der Waals surface area (Å²) in [7, 11) is 0. The third kappa shape index (κ3) is 11.8. The van der Waals surface area contributed by atoms with Crippen LogP contribution in [0, 0.1) is 10.8 Å². The standard InChI is InChI=1S/C8H10N.C2H7N5.ClH/c1-2-6-9-7-4-3-5-8-9;3-1(4)7-2(5)6;/h2-5,7-8H,1,6H2;(H7,3,4,5,6,7);1H/q+1;;/p-1. The SMILES string of the molecule is C=CC[n+]1ccccc1.N=C(N)NC(=N)N.[Cl-]. The van der Waals surface area contributed by atoms with Crippen LogP contribution in [0.25, 0.3) is 0 Å². The first-order valence-electron chi connectivity index (χ1n) is 4.56. The lowest BCUT2D eigenvalue weighted by atomic mass is 10.5. The largest absolute Gasteiger partial charge is 1.00 e. The molecule has 0 saturated carbocycles. The van der Waals surface area contributed by atoms with Gasteiger partial charge < -0.3 is 23.9 Å². The van der Waals surface area contributed by atoms with Gasteiger partial charge in [-0.2, -0.15) is 0 Å². The summed E-state index contributed by atoms with van der Waals surface area (Å²) in [4.78, 5) is 0. The highest BCUT2D eigenvalue weighted by Gasteiger charge is 1.88. The first-order valence-corrected chi connectivity index (χ1v) is 4.56.